The van der Waals surface area contributed by atoms with Gasteiger partial charge in [0.25, 0.3) is 0 Å². The van der Waals surface area contributed by atoms with Gasteiger partial charge in [0.05, 0.1) is 26.4 Å². The summed E-state index contributed by atoms with van der Waals surface area (Å²) in [6.45, 7) is 9.62. The summed E-state index contributed by atoms with van der Waals surface area (Å²) < 4.78 is 68.7. The molecule has 0 fully saturated rings. The summed E-state index contributed by atoms with van der Waals surface area (Å²) in [6.07, 6.45) is 61.0. The van der Waals surface area contributed by atoms with E-state index >= 15 is 0 Å². The molecule has 19 heteroatoms. The highest BCUT2D eigenvalue weighted by molar-refractivity contribution is 7.47. The predicted octanol–water partition coefficient (Wildman–Crippen LogP) is 23.9. The zero-order chi connectivity index (χ0) is 72.8. The second kappa shape index (κ2) is 71.7. The van der Waals surface area contributed by atoms with Gasteiger partial charge in [0.15, 0.2) is 12.2 Å². The minimum atomic E-state index is -4.96. The predicted molar refractivity (Wildman–Crippen MR) is 405 cm³/mol. The number of hydrogen-bond donors (Lipinski definition) is 3. The number of unbranched alkanes of at least 4 members (excludes halogenated alkanes) is 49. The molecule has 588 valence electrons. The first-order valence-corrected chi connectivity index (χ1v) is 44.5. The summed E-state index contributed by atoms with van der Waals surface area (Å²) in [6, 6.07) is 0. The highest BCUT2D eigenvalue weighted by Crippen LogP contribution is 2.45. The highest BCUT2D eigenvalue weighted by atomic mass is 31.2. The average Bonchev–Trinajstić information content (AvgIpc) is 0.983. The summed E-state index contributed by atoms with van der Waals surface area (Å²) >= 11 is 0. The maximum Gasteiger partial charge on any atom is 0.472 e. The molecule has 17 nitrogen and oxygen atoms in total. The Bertz CT molecular complexity index is 1910. The highest BCUT2D eigenvalue weighted by Gasteiger charge is 2.30. The van der Waals surface area contributed by atoms with E-state index in [0.717, 1.165) is 102 Å². The Kier molecular flexibility index (Phi) is 70.3. The van der Waals surface area contributed by atoms with E-state index < -0.39 is 97.5 Å². The Hall–Kier alpha value is -1.94. The lowest BCUT2D eigenvalue weighted by molar-refractivity contribution is -0.161. The zero-order valence-electron chi connectivity index (χ0n) is 64.8. The summed E-state index contributed by atoms with van der Waals surface area (Å²) in [5, 5.41) is 10.6. The van der Waals surface area contributed by atoms with Crippen LogP contribution in [0.4, 0.5) is 0 Å². The first-order valence-electron chi connectivity index (χ1n) is 41.5. The smallest absolute Gasteiger partial charge is 0.462 e. The van der Waals surface area contributed by atoms with Crippen molar-refractivity contribution in [3.63, 3.8) is 0 Å². The second-order valence-corrected chi connectivity index (χ2v) is 32.7. The number of aliphatic hydroxyl groups excluding tert-OH is 1. The summed E-state index contributed by atoms with van der Waals surface area (Å²) in [5.41, 5.74) is 0. The van der Waals surface area contributed by atoms with Crippen molar-refractivity contribution < 1.29 is 80.2 Å². The van der Waals surface area contributed by atoms with Gasteiger partial charge < -0.3 is 33.8 Å². The van der Waals surface area contributed by atoms with Gasteiger partial charge in [-0.2, -0.15) is 0 Å². The number of carbonyl (C=O) groups is 4. The standard InChI is InChI=1S/C80H156O17P2/c1-7-9-11-13-15-17-19-21-22-23-24-25-26-29-34-40-46-52-58-64-79(84)96-75(68-91-78(83)63-57-51-45-39-33-30-27-28-31-36-42-48-54-60-72(3)4)70-94-98(86,87)92-66-74(81)67-93-99(88,89)95-71-76(97-80(85)65-59-53-47-41-35-37-43-49-55-61-73(5)6)69-90-77(82)62-56-50-44-38-32-20-18-16-14-12-10-8-2/h72-76,81H,7-71H2,1-6H3,(H,86,87)(H,88,89)/t74-,75-,76-/m1/s1. The minimum absolute atomic E-state index is 0.106. The van der Waals surface area contributed by atoms with Gasteiger partial charge in [0.1, 0.15) is 19.3 Å². The lowest BCUT2D eigenvalue weighted by Gasteiger charge is -2.21. The van der Waals surface area contributed by atoms with Crippen molar-refractivity contribution in [2.24, 2.45) is 11.8 Å². The maximum atomic E-state index is 13.1. The van der Waals surface area contributed by atoms with Gasteiger partial charge in [-0.25, -0.2) is 9.13 Å². The van der Waals surface area contributed by atoms with Crippen molar-refractivity contribution >= 4 is 39.5 Å². The third kappa shape index (κ3) is 74.1. The van der Waals surface area contributed by atoms with E-state index in [9.17, 15) is 43.2 Å². The molecule has 0 aliphatic rings. The molecule has 0 radical (unpaired) electrons. The quantitative estimate of drug-likeness (QED) is 0.0222. The maximum absolute atomic E-state index is 13.1. The molecule has 99 heavy (non-hydrogen) atoms. The molecule has 2 unspecified atom stereocenters. The SMILES string of the molecule is CCCCCCCCCCCCCCCCCCCCCC(=O)O[C@H](COC(=O)CCCCCCCCCCCCCCCC(C)C)COP(=O)(O)OC[C@@H](O)COP(=O)(O)OC[C@@H](COC(=O)CCCCCCCCCCCCCC)OC(=O)CCCCCCCCCCCC(C)C. The van der Waals surface area contributed by atoms with Gasteiger partial charge in [-0.15, -0.1) is 0 Å². The van der Waals surface area contributed by atoms with E-state index in [0.29, 0.717) is 25.7 Å². The fourth-order valence-electron chi connectivity index (χ4n) is 12.4. The van der Waals surface area contributed by atoms with Gasteiger partial charge in [-0.1, -0.05) is 369 Å². The third-order valence-corrected chi connectivity index (χ3v) is 20.6. The van der Waals surface area contributed by atoms with Gasteiger partial charge in [-0.05, 0) is 37.5 Å². The fourth-order valence-corrected chi connectivity index (χ4v) is 13.9. The van der Waals surface area contributed by atoms with Gasteiger partial charge in [0.2, 0.25) is 0 Å². The molecule has 5 atom stereocenters. The first kappa shape index (κ1) is 97.1. The molecule has 0 aliphatic carbocycles. The Balaban J connectivity index is 5.24. The van der Waals surface area contributed by atoms with Crippen LogP contribution in [0.1, 0.15) is 420 Å². The zero-order valence-corrected chi connectivity index (χ0v) is 66.6. The number of hydrogen-bond acceptors (Lipinski definition) is 15. The van der Waals surface area contributed by atoms with Crippen molar-refractivity contribution in [3.8, 4) is 0 Å². The number of ether oxygens (including phenoxy) is 4. The van der Waals surface area contributed by atoms with Crippen LogP contribution in [0, 0.1) is 11.8 Å². The van der Waals surface area contributed by atoms with Crippen molar-refractivity contribution in [1.29, 1.82) is 0 Å². The van der Waals surface area contributed by atoms with Crippen LogP contribution in [0.25, 0.3) is 0 Å². The van der Waals surface area contributed by atoms with Crippen LogP contribution >= 0.6 is 15.6 Å². The molecule has 0 aromatic rings. The summed E-state index contributed by atoms with van der Waals surface area (Å²) in [5.74, 6) is -0.582. The molecule has 0 saturated heterocycles. The van der Waals surface area contributed by atoms with Crippen molar-refractivity contribution in [1.82, 2.24) is 0 Å². The largest absolute Gasteiger partial charge is 0.472 e. The van der Waals surface area contributed by atoms with Crippen LogP contribution in [0.3, 0.4) is 0 Å². The monoisotopic (exact) mass is 1450 g/mol. The first-order chi connectivity index (χ1) is 47.9. The van der Waals surface area contributed by atoms with Crippen LogP contribution in [0.5, 0.6) is 0 Å². The van der Waals surface area contributed by atoms with Crippen LogP contribution in [-0.4, -0.2) is 96.7 Å². The lowest BCUT2D eigenvalue weighted by Crippen LogP contribution is -2.30. The number of rotatable bonds is 79. The van der Waals surface area contributed by atoms with Crippen LogP contribution in [0.2, 0.25) is 0 Å². The van der Waals surface area contributed by atoms with Gasteiger partial charge in [-0.3, -0.25) is 37.3 Å². The molecule has 0 aromatic carbocycles. The van der Waals surface area contributed by atoms with Gasteiger partial charge >= 0.3 is 39.5 Å². The molecule has 0 aromatic heterocycles. The molecule has 0 bridgehead atoms. The minimum Gasteiger partial charge on any atom is -0.462 e. The topological polar surface area (TPSA) is 237 Å². The molecule has 0 amide bonds. The Morgan fingerprint density at radius 3 is 0.687 bits per heavy atom. The third-order valence-electron chi connectivity index (χ3n) is 18.7. The van der Waals surface area contributed by atoms with E-state index in [1.54, 1.807) is 0 Å². The average molecular weight is 1450 g/mol. The van der Waals surface area contributed by atoms with E-state index in [4.69, 9.17) is 37.0 Å². The fraction of sp³-hybridized carbons (Fsp3) is 0.950. The van der Waals surface area contributed by atoms with Crippen LogP contribution in [-0.2, 0) is 65.4 Å². The van der Waals surface area contributed by atoms with Crippen LogP contribution < -0.4 is 0 Å². The van der Waals surface area contributed by atoms with E-state index in [2.05, 4.69) is 41.5 Å². The van der Waals surface area contributed by atoms with Gasteiger partial charge in [0, 0.05) is 25.7 Å². The number of phosphoric acid groups is 2. The number of aliphatic hydroxyl groups is 1. The summed E-state index contributed by atoms with van der Waals surface area (Å²) in [7, 11) is -9.92. The second-order valence-electron chi connectivity index (χ2n) is 29.8. The molecule has 0 rings (SSSR count). The number of esters is 4. The van der Waals surface area contributed by atoms with E-state index in [1.807, 2.05) is 0 Å². The molecule has 0 saturated carbocycles. The summed E-state index contributed by atoms with van der Waals surface area (Å²) in [4.78, 5) is 73.0. The molecule has 0 aliphatic heterocycles. The lowest BCUT2D eigenvalue weighted by atomic mass is 10.0. The molecule has 3 N–H and O–H groups in total. The molecule has 0 heterocycles. The Morgan fingerprint density at radius 1 is 0.273 bits per heavy atom. The molecular formula is C80H156O17P2. The Labute approximate surface area is 607 Å². The number of carbonyl (C=O) groups excluding carboxylic acids is 4. The Morgan fingerprint density at radius 2 is 0.465 bits per heavy atom. The van der Waals surface area contributed by atoms with Crippen molar-refractivity contribution in [3.05, 3.63) is 0 Å². The molecular weight excluding hydrogens is 1290 g/mol. The normalized spacial score (nSPS) is 13.9. The van der Waals surface area contributed by atoms with Crippen molar-refractivity contribution in [2.45, 2.75) is 439 Å². The molecule has 0 spiro atoms. The van der Waals surface area contributed by atoms with Crippen molar-refractivity contribution in [2.75, 3.05) is 39.6 Å². The van der Waals surface area contributed by atoms with E-state index in [-0.39, 0.29) is 25.7 Å². The van der Waals surface area contributed by atoms with E-state index in [1.165, 1.54) is 238 Å². The number of phosphoric ester groups is 2. The van der Waals surface area contributed by atoms with Crippen LogP contribution in [0.15, 0.2) is 0 Å².